The zero-order valence-corrected chi connectivity index (χ0v) is 16.6. The van der Waals surface area contributed by atoms with Gasteiger partial charge in [-0.05, 0) is 43.7 Å². The summed E-state index contributed by atoms with van der Waals surface area (Å²) in [4.78, 5) is 21.3. The minimum absolute atomic E-state index is 0.211. The van der Waals surface area contributed by atoms with E-state index in [1.54, 1.807) is 24.3 Å². The van der Waals surface area contributed by atoms with Crippen molar-refractivity contribution >= 4 is 44.8 Å². The van der Waals surface area contributed by atoms with E-state index < -0.39 is 0 Å². The van der Waals surface area contributed by atoms with Crippen molar-refractivity contribution < 1.29 is 4.42 Å². The highest BCUT2D eigenvalue weighted by molar-refractivity contribution is 7.18. The van der Waals surface area contributed by atoms with E-state index in [4.69, 9.17) is 16.0 Å². The Balaban J connectivity index is 1.77. The van der Waals surface area contributed by atoms with Crippen LogP contribution in [0.25, 0.3) is 33.2 Å². The number of nitriles is 1. The van der Waals surface area contributed by atoms with Crippen molar-refractivity contribution in [3.8, 4) is 17.4 Å². The minimum Gasteiger partial charge on any atom is -0.457 e. The number of allylic oxidation sites excluding steroid dienone is 1. The van der Waals surface area contributed by atoms with E-state index >= 15 is 0 Å². The molecule has 0 atom stereocenters. The smallest absolute Gasteiger partial charge is 0.260 e. The Hall–Kier alpha value is -3.14. The summed E-state index contributed by atoms with van der Waals surface area (Å²) in [5.41, 5.74) is 1.64. The van der Waals surface area contributed by atoms with Gasteiger partial charge in [-0.1, -0.05) is 23.7 Å². The molecule has 0 saturated carbocycles. The standard InChI is InChI=1S/C21H14ClN3O2S/c1-11-12(2)28-21-18(11)20(26)24-19(25-21)13(10-23)9-14-7-8-17(27-14)15-5-3-4-6-16(15)22/h3-9H,1-2H3,(H,24,25,26)/b13-9+. The number of furan rings is 1. The summed E-state index contributed by atoms with van der Waals surface area (Å²) < 4.78 is 5.82. The van der Waals surface area contributed by atoms with Crippen LogP contribution in [0.2, 0.25) is 5.02 Å². The highest BCUT2D eigenvalue weighted by atomic mass is 35.5. The van der Waals surface area contributed by atoms with Gasteiger partial charge in [0.1, 0.15) is 22.4 Å². The molecule has 7 heteroatoms. The molecule has 0 amide bonds. The Morgan fingerprint density at radius 3 is 2.82 bits per heavy atom. The van der Waals surface area contributed by atoms with Crippen LogP contribution in [0.15, 0.2) is 45.6 Å². The van der Waals surface area contributed by atoms with Gasteiger partial charge in [-0.2, -0.15) is 5.26 Å². The third kappa shape index (κ3) is 3.15. The van der Waals surface area contributed by atoms with E-state index in [9.17, 15) is 10.1 Å². The number of H-pyrrole nitrogens is 1. The first-order chi connectivity index (χ1) is 13.5. The van der Waals surface area contributed by atoms with Crippen molar-refractivity contribution in [2.24, 2.45) is 0 Å². The summed E-state index contributed by atoms with van der Waals surface area (Å²) >= 11 is 7.65. The maximum atomic E-state index is 12.5. The lowest BCUT2D eigenvalue weighted by atomic mass is 10.2. The number of nitrogens with one attached hydrogen (secondary N) is 1. The van der Waals surface area contributed by atoms with E-state index in [0.717, 1.165) is 16.0 Å². The van der Waals surface area contributed by atoms with E-state index in [-0.39, 0.29) is 17.0 Å². The molecule has 4 aromatic rings. The first kappa shape index (κ1) is 18.2. The van der Waals surface area contributed by atoms with Crippen LogP contribution < -0.4 is 5.56 Å². The van der Waals surface area contributed by atoms with Crippen LogP contribution >= 0.6 is 22.9 Å². The van der Waals surface area contributed by atoms with Crippen LogP contribution in [0, 0.1) is 25.2 Å². The fourth-order valence-corrected chi connectivity index (χ4v) is 4.17. The van der Waals surface area contributed by atoms with Crippen molar-refractivity contribution in [1.29, 1.82) is 5.26 Å². The maximum absolute atomic E-state index is 12.5. The molecular formula is C21H14ClN3O2S. The summed E-state index contributed by atoms with van der Waals surface area (Å²) in [6, 6.07) is 13.0. The second kappa shape index (κ2) is 7.12. The first-order valence-electron chi connectivity index (χ1n) is 8.45. The molecule has 0 fully saturated rings. The zero-order chi connectivity index (χ0) is 19.8. The molecule has 0 bridgehead atoms. The van der Waals surface area contributed by atoms with Gasteiger partial charge in [-0.15, -0.1) is 11.3 Å². The number of halogens is 1. The summed E-state index contributed by atoms with van der Waals surface area (Å²) in [6.45, 7) is 3.84. The molecule has 4 rings (SSSR count). The number of thiophene rings is 1. The van der Waals surface area contributed by atoms with Gasteiger partial charge in [0.25, 0.3) is 5.56 Å². The summed E-state index contributed by atoms with van der Waals surface area (Å²) in [7, 11) is 0. The van der Waals surface area contributed by atoms with Gasteiger partial charge in [0.2, 0.25) is 0 Å². The zero-order valence-electron chi connectivity index (χ0n) is 15.0. The molecule has 138 valence electrons. The highest BCUT2D eigenvalue weighted by Gasteiger charge is 2.15. The largest absolute Gasteiger partial charge is 0.457 e. The van der Waals surface area contributed by atoms with Gasteiger partial charge >= 0.3 is 0 Å². The van der Waals surface area contributed by atoms with Gasteiger partial charge < -0.3 is 9.40 Å². The molecule has 0 aliphatic heterocycles. The van der Waals surface area contributed by atoms with Crippen molar-refractivity contribution in [3.63, 3.8) is 0 Å². The van der Waals surface area contributed by atoms with Crippen LogP contribution in [0.3, 0.4) is 0 Å². The van der Waals surface area contributed by atoms with Crippen LogP contribution in [-0.2, 0) is 0 Å². The summed E-state index contributed by atoms with van der Waals surface area (Å²) in [5, 5.41) is 10.7. The minimum atomic E-state index is -0.251. The number of hydrogen-bond acceptors (Lipinski definition) is 5. The molecule has 3 aromatic heterocycles. The molecule has 0 aliphatic carbocycles. The van der Waals surface area contributed by atoms with Gasteiger partial charge in [0.05, 0.1) is 16.0 Å². The average Bonchev–Trinajstić information content (AvgIpc) is 3.25. The Labute approximate surface area is 169 Å². The van der Waals surface area contributed by atoms with Crippen LogP contribution in [0.5, 0.6) is 0 Å². The normalized spacial score (nSPS) is 11.7. The van der Waals surface area contributed by atoms with E-state index in [2.05, 4.69) is 16.0 Å². The number of aromatic amines is 1. The molecular weight excluding hydrogens is 394 g/mol. The van der Waals surface area contributed by atoms with Crippen LogP contribution in [-0.4, -0.2) is 9.97 Å². The third-order valence-electron chi connectivity index (χ3n) is 4.47. The number of aromatic nitrogens is 2. The predicted molar refractivity (Wildman–Crippen MR) is 112 cm³/mol. The Kier molecular flexibility index (Phi) is 4.63. The van der Waals surface area contributed by atoms with Gasteiger partial charge in [0.15, 0.2) is 5.82 Å². The van der Waals surface area contributed by atoms with Crippen molar-refractivity contribution in [1.82, 2.24) is 9.97 Å². The number of benzene rings is 1. The van der Waals surface area contributed by atoms with Crippen molar-refractivity contribution in [3.05, 3.63) is 73.8 Å². The predicted octanol–water partition coefficient (Wildman–Crippen LogP) is 5.58. The van der Waals surface area contributed by atoms with E-state index in [1.165, 1.54) is 11.3 Å². The second-order valence-corrected chi connectivity index (χ2v) is 7.84. The fourth-order valence-electron chi connectivity index (χ4n) is 2.91. The molecule has 1 N–H and O–H groups in total. The van der Waals surface area contributed by atoms with E-state index in [1.807, 2.05) is 32.0 Å². The number of fused-ring (bicyclic) bond motifs is 1. The number of aryl methyl sites for hydroxylation is 2. The Bertz CT molecular complexity index is 1340. The molecule has 0 aliphatic rings. The van der Waals surface area contributed by atoms with Crippen molar-refractivity contribution in [2.75, 3.05) is 0 Å². The molecule has 0 saturated heterocycles. The highest BCUT2D eigenvalue weighted by Crippen LogP contribution is 2.30. The fraction of sp³-hybridized carbons (Fsp3) is 0.0952. The molecule has 5 nitrogen and oxygen atoms in total. The van der Waals surface area contributed by atoms with Gasteiger partial charge in [0, 0.05) is 16.5 Å². The molecule has 0 spiro atoms. The summed E-state index contributed by atoms with van der Waals surface area (Å²) in [6.07, 6.45) is 1.55. The van der Waals surface area contributed by atoms with Gasteiger partial charge in [-0.25, -0.2) is 4.98 Å². The van der Waals surface area contributed by atoms with Crippen LogP contribution in [0.4, 0.5) is 0 Å². The second-order valence-electron chi connectivity index (χ2n) is 6.23. The van der Waals surface area contributed by atoms with Crippen LogP contribution in [0.1, 0.15) is 22.0 Å². The topological polar surface area (TPSA) is 82.7 Å². The number of hydrogen-bond donors (Lipinski definition) is 1. The molecule has 0 radical (unpaired) electrons. The quantitative estimate of drug-likeness (QED) is 0.449. The number of nitrogens with zero attached hydrogens (tertiary/aromatic N) is 2. The number of rotatable bonds is 3. The third-order valence-corrected chi connectivity index (χ3v) is 5.90. The molecule has 1 aromatic carbocycles. The lowest BCUT2D eigenvalue weighted by molar-refractivity contribution is 0.572. The first-order valence-corrected chi connectivity index (χ1v) is 9.64. The molecule has 3 heterocycles. The lowest BCUT2D eigenvalue weighted by Crippen LogP contribution is -2.10. The van der Waals surface area contributed by atoms with Gasteiger partial charge in [-0.3, -0.25) is 4.79 Å². The van der Waals surface area contributed by atoms with Crippen molar-refractivity contribution in [2.45, 2.75) is 13.8 Å². The summed E-state index contributed by atoms with van der Waals surface area (Å²) in [5.74, 6) is 1.28. The SMILES string of the molecule is Cc1sc2nc(/C(C#N)=C/c3ccc(-c4ccccc4Cl)o3)[nH]c(=O)c2c1C. The molecule has 0 unspecified atom stereocenters. The Morgan fingerprint density at radius 2 is 2.07 bits per heavy atom. The average molecular weight is 408 g/mol. The maximum Gasteiger partial charge on any atom is 0.260 e. The van der Waals surface area contributed by atoms with E-state index in [0.29, 0.717) is 26.8 Å². The Morgan fingerprint density at radius 1 is 1.29 bits per heavy atom. The lowest BCUT2D eigenvalue weighted by Gasteiger charge is -2.00. The monoisotopic (exact) mass is 407 g/mol. The molecule has 28 heavy (non-hydrogen) atoms.